The quantitative estimate of drug-likeness (QED) is 0.636. The average Bonchev–Trinajstić information content (AvgIpc) is 2.71. The molecule has 1 atom stereocenters. The molecule has 138 valence electrons. The van der Waals surface area contributed by atoms with Gasteiger partial charge in [-0.25, -0.2) is 0 Å². The van der Waals surface area contributed by atoms with Crippen LogP contribution in [-0.2, 0) is 0 Å². The van der Waals surface area contributed by atoms with Gasteiger partial charge in [-0.2, -0.15) is 5.26 Å². The summed E-state index contributed by atoms with van der Waals surface area (Å²) in [6.07, 6.45) is 4.31. The summed E-state index contributed by atoms with van der Waals surface area (Å²) < 4.78 is 0. The highest BCUT2D eigenvalue weighted by molar-refractivity contribution is 8.13. The summed E-state index contributed by atoms with van der Waals surface area (Å²) in [7, 11) is 0. The van der Waals surface area contributed by atoms with Crippen molar-refractivity contribution in [1.29, 1.82) is 5.26 Å². The van der Waals surface area contributed by atoms with Gasteiger partial charge in [0.15, 0.2) is 0 Å². The van der Waals surface area contributed by atoms with Crippen LogP contribution in [0.15, 0.2) is 64.8 Å². The Labute approximate surface area is 166 Å². The number of hydrogen-bond donors (Lipinski definition) is 0. The molecule has 3 nitrogen and oxygen atoms in total. The van der Waals surface area contributed by atoms with Gasteiger partial charge in [-0.15, -0.1) is 11.8 Å². The Morgan fingerprint density at radius 2 is 1.85 bits per heavy atom. The van der Waals surface area contributed by atoms with Gasteiger partial charge < -0.3 is 4.90 Å². The molecule has 1 unspecified atom stereocenters. The molecule has 0 fully saturated rings. The minimum Gasteiger partial charge on any atom is -0.322 e. The van der Waals surface area contributed by atoms with E-state index in [0.29, 0.717) is 5.56 Å². The lowest BCUT2D eigenvalue weighted by atomic mass is 9.99. The van der Waals surface area contributed by atoms with Crippen LogP contribution in [-0.4, -0.2) is 17.5 Å². The fraction of sp³-hybridized carbons (Fsp3) is 0.304. The maximum Gasteiger partial charge on any atom is 0.123 e. The van der Waals surface area contributed by atoms with Crippen LogP contribution < -0.4 is 4.90 Å². The SMILES string of the molecule is CCCC1=C(C)C(SC)=NC(C)N1c1ccc(-c2ccccc2C#N)cc1. The molecule has 0 saturated carbocycles. The molecule has 0 spiro atoms. The van der Waals surface area contributed by atoms with Crippen molar-refractivity contribution in [3.8, 4) is 17.2 Å². The minimum atomic E-state index is 0.0787. The van der Waals surface area contributed by atoms with Crippen LogP contribution in [0.2, 0.25) is 0 Å². The molecule has 1 heterocycles. The summed E-state index contributed by atoms with van der Waals surface area (Å²) in [5, 5.41) is 10.5. The van der Waals surface area contributed by atoms with Crippen LogP contribution >= 0.6 is 11.8 Å². The van der Waals surface area contributed by atoms with Crippen molar-refractivity contribution in [2.24, 2.45) is 4.99 Å². The van der Waals surface area contributed by atoms with Gasteiger partial charge in [0.25, 0.3) is 0 Å². The number of anilines is 1. The molecule has 0 aliphatic carbocycles. The lowest BCUT2D eigenvalue weighted by Crippen LogP contribution is -2.36. The van der Waals surface area contributed by atoms with E-state index in [2.05, 4.69) is 62.3 Å². The molecular formula is C23H25N3S. The second kappa shape index (κ2) is 8.45. The molecule has 0 aromatic heterocycles. The molecule has 2 aromatic carbocycles. The number of rotatable bonds is 4. The number of nitrogens with zero attached hydrogens (tertiary/aromatic N) is 3. The van der Waals surface area contributed by atoms with Crippen molar-refractivity contribution in [3.05, 3.63) is 65.4 Å². The molecule has 0 N–H and O–H groups in total. The lowest BCUT2D eigenvalue weighted by molar-refractivity contribution is 0.678. The van der Waals surface area contributed by atoms with Crippen LogP contribution in [0.5, 0.6) is 0 Å². The number of nitriles is 1. The Kier molecular flexibility index (Phi) is 6.03. The molecule has 1 aliphatic heterocycles. The van der Waals surface area contributed by atoms with Crippen LogP contribution in [0.4, 0.5) is 5.69 Å². The normalized spacial score (nSPS) is 16.9. The van der Waals surface area contributed by atoms with Crippen molar-refractivity contribution < 1.29 is 0 Å². The molecule has 27 heavy (non-hydrogen) atoms. The van der Waals surface area contributed by atoms with Crippen LogP contribution in [0.3, 0.4) is 0 Å². The molecule has 0 radical (unpaired) electrons. The summed E-state index contributed by atoms with van der Waals surface area (Å²) in [4.78, 5) is 7.23. The van der Waals surface area contributed by atoms with E-state index in [1.165, 1.54) is 11.3 Å². The van der Waals surface area contributed by atoms with Gasteiger partial charge in [0.05, 0.1) is 16.7 Å². The van der Waals surface area contributed by atoms with E-state index in [9.17, 15) is 5.26 Å². The largest absolute Gasteiger partial charge is 0.322 e. The van der Waals surface area contributed by atoms with Gasteiger partial charge in [0, 0.05) is 17.0 Å². The van der Waals surface area contributed by atoms with Gasteiger partial charge >= 0.3 is 0 Å². The van der Waals surface area contributed by atoms with Crippen LogP contribution in [0.25, 0.3) is 11.1 Å². The first kappa shape index (κ1) is 19.3. The number of thioether (sulfide) groups is 1. The Hall–Kier alpha value is -2.51. The molecule has 2 aromatic rings. The van der Waals surface area contributed by atoms with Gasteiger partial charge in [-0.05, 0) is 55.9 Å². The zero-order valence-corrected chi connectivity index (χ0v) is 17.2. The van der Waals surface area contributed by atoms with Crippen molar-refractivity contribution >= 4 is 22.5 Å². The molecule has 0 saturated heterocycles. The van der Waals surface area contributed by atoms with Gasteiger partial charge in [0.1, 0.15) is 6.17 Å². The third-order valence-electron chi connectivity index (χ3n) is 4.91. The van der Waals surface area contributed by atoms with E-state index < -0.39 is 0 Å². The smallest absolute Gasteiger partial charge is 0.123 e. The lowest BCUT2D eigenvalue weighted by Gasteiger charge is -2.36. The third kappa shape index (κ3) is 3.79. The topological polar surface area (TPSA) is 39.4 Å². The van der Waals surface area contributed by atoms with Gasteiger partial charge in [-0.1, -0.05) is 43.7 Å². The monoisotopic (exact) mass is 375 g/mol. The molecule has 0 bridgehead atoms. The molecule has 0 amide bonds. The number of benzene rings is 2. The number of aliphatic imine (C=N–C) groups is 1. The number of hydrogen-bond acceptors (Lipinski definition) is 4. The maximum absolute atomic E-state index is 9.36. The number of allylic oxidation sites excluding steroid dienone is 1. The van der Waals surface area contributed by atoms with Crippen molar-refractivity contribution in [2.45, 2.75) is 39.8 Å². The van der Waals surface area contributed by atoms with E-state index in [-0.39, 0.29) is 6.17 Å². The van der Waals surface area contributed by atoms with E-state index in [1.54, 1.807) is 11.8 Å². The second-order valence-electron chi connectivity index (χ2n) is 6.67. The highest BCUT2D eigenvalue weighted by Gasteiger charge is 2.26. The summed E-state index contributed by atoms with van der Waals surface area (Å²) in [5.74, 6) is 0. The van der Waals surface area contributed by atoms with Crippen molar-refractivity contribution in [3.63, 3.8) is 0 Å². The predicted octanol–water partition coefficient (Wildman–Crippen LogP) is 6.23. The van der Waals surface area contributed by atoms with Gasteiger partial charge in [-0.3, -0.25) is 4.99 Å². The van der Waals surface area contributed by atoms with Crippen LogP contribution in [0, 0.1) is 11.3 Å². The summed E-state index contributed by atoms with van der Waals surface area (Å²) in [6, 6.07) is 18.5. The zero-order valence-electron chi connectivity index (χ0n) is 16.4. The Morgan fingerprint density at radius 1 is 1.15 bits per heavy atom. The second-order valence-corrected chi connectivity index (χ2v) is 7.46. The highest BCUT2D eigenvalue weighted by atomic mass is 32.2. The van der Waals surface area contributed by atoms with Crippen molar-refractivity contribution in [2.75, 3.05) is 11.2 Å². The third-order valence-corrected chi connectivity index (χ3v) is 5.70. The Morgan fingerprint density at radius 3 is 2.48 bits per heavy atom. The van der Waals surface area contributed by atoms with E-state index in [0.717, 1.165) is 34.7 Å². The molecule has 4 heteroatoms. The zero-order chi connectivity index (χ0) is 19.4. The molecular weight excluding hydrogens is 350 g/mol. The molecule has 3 rings (SSSR count). The summed E-state index contributed by atoms with van der Waals surface area (Å²) >= 11 is 1.72. The average molecular weight is 376 g/mol. The first-order valence-corrected chi connectivity index (χ1v) is 10.5. The van der Waals surface area contributed by atoms with E-state index in [1.807, 2.05) is 24.3 Å². The summed E-state index contributed by atoms with van der Waals surface area (Å²) in [6.45, 7) is 6.55. The van der Waals surface area contributed by atoms with Crippen molar-refractivity contribution in [1.82, 2.24) is 0 Å². The van der Waals surface area contributed by atoms with E-state index >= 15 is 0 Å². The highest BCUT2D eigenvalue weighted by Crippen LogP contribution is 2.34. The fourth-order valence-corrected chi connectivity index (χ4v) is 4.29. The maximum atomic E-state index is 9.36. The first-order chi connectivity index (χ1) is 13.1. The van der Waals surface area contributed by atoms with Crippen LogP contribution in [0.1, 0.15) is 39.2 Å². The predicted molar refractivity (Wildman–Crippen MR) is 117 cm³/mol. The molecule has 1 aliphatic rings. The standard InChI is InChI=1S/C23H25N3S/c1-5-8-22-16(2)23(27-4)25-17(3)26(22)20-13-11-18(12-14-20)21-10-7-6-9-19(21)15-24/h6-7,9-14,17H,5,8H2,1-4H3. The van der Waals surface area contributed by atoms with E-state index in [4.69, 9.17) is 4.99 Å². The first-order valence-electron chi connectivity index (χ1n) is 9.31. The van der Waals surface area contributed by atoms with Gasteiger partial charge in [0.2, 0.25) is 0 Å². The summed E-state index contributed by atoms with van der Waals surface area (Å²) in [5.41, 5.74) is 6.52. The fourth-order valence-electron chi connectivity index (χ4n) is 3.61. The Bertz CT molecular complexity index is 919. The minimum absolute atomic E-state index is 0.0787. The Balaban J connectivity index is 1.99.